The number of nitrogens with one attached hydrogen (secondary N) is 1. The molecule has 0 aromatic heterocycles. The van der Waals surface area contributed by atoms with E-state index in [0.29, 0.717) is 17.9 Å². The van der Waals surface area contributed by atoms with Crippen molar-refractivity contribution in [1.82, 2.24) is 10.2 Å². The molecule has 0 radical (unpaired) electrons. The third-order valence-electron chi connectivity index (χ3n) is 4.17. The smallest absolute Gasteiger partial charge is 0.227 e. The van der Waals surface area contributed by atoms with Crippen molar-refractivity contribution in [2.24, 2.45) is 11.8 Å². The van der Waals surface area contributed by atoms with Gasteiger partial charge in [-0.05, 0) is 32.2 Å². The first kappa shape index (κ1) is 11.9. The van der Waals surface area contributed by atoms with Gasteiger partial charge in [0, 0.05) is 19.1 Å². The van der Waals surface area contributed by atoms with Gasteiger partial charge in [0.15, 0.2) is 0 Å². The molecule has 0 bridgehead atoms. The van der Waals surface area contributed by atoms with Crippen LogP contribution in [0.2, 0.25) is 0 Å². The van der Waals surface area contributed by atoms with Crippen molar-refractivity contribution in [2.45, 2.75) is 45.6 Å². The second-order valence-electron chi connectivity index (χ2n) is 5.47. The summed E-state index contributed by atoms with van der Waals surface area (Å²) in [5, 5.41) is 3.33. The summed E-state index contributed by atoms with van der Waals surface area (Å²) in [6.07, 6.45) is 4.93. The van der Waals surface area contributed by atoms with E-state index >= 15 is 0 Å². The highest BCUT2D eigenvalue weighted by molar-refractivity contribution is 5.80. The molecule has 0 aliphatic carbocycles. The maximum absolute atomic E-state index is 12.5. The number of amides is 1. The minimum Gasteiger partial charge on any atom is -0.340 e. The van der Waals surface area contributed by atoms with Gasteiger partial charge >= 0.3 is 0 Å². The first-order valence-corrected chi connectivity index (χ1v) is 6.71. The lowest BCUT2D eigenvalue weighted by molar-refractivity contribution is -0.137. The molecule has 1 amide bonds. The molecule has 0 spiro atoms. The molecule has 2 fully saturated rings. The summed E-state index contributed by atoms with van der Waals surface area (Å²) >= 11 is 0. The molecule has 3 atom stereocenters. The standard InChI is InChI=1S/C13H24N2O/c1-10-8-14-9-12(10)13(16)15-7-5-3-4-6-11(15)2/h10-12,14H,3-9H2,1-2H3. The van der Waals surface area contributed by atoms with E-state index in [1.165, 1.54) is 25.7 Å². The Bertz CT molecular complexity index is 254. The largest absolute Gasteiger partial charge is 0.340 e. The molecule has 92 valence electrons. The van der Waals surface area contributed by atoms with Crippen molar-refractivity contribution in [2.75, 3.05) is 19.6 Å². The molecule has 16 heavy (non-hydrogen) atoms. The fourth-order valence-corrected chi connectivity index (χ4v) is 2.96. The Morgan fingerprint density at radius 3 is 2.69 bits per heavy atom. The average Bonchev–Trinajstić information content (AvgIpc) is 2.56. The monoisotopic (exact) mass is 224 g/mol. The van der Waals surface area contributed by atoms with Crippen LogP contribution >= 0.6 is 0 Å². The third kappa shape index (κ3) is 2.40. The molecular formula is C13H24N2O. The molecule has 3 heteroatoms. The molecule has 3 nitrogen and oxygen atoms in total. The summed E-state index contributed by atoms with van der Waals surface area (Å²) in [5.41, 5.74) is 0. The predicted octanol–water partition coefficient (Wildman–Crippen LogP) is 1.63. The molecule has 0 saturated carbocycles. The molecule has 3 unspecified atom stereocenters. The van der Waals surface area contributed by atoms with E-state index in [9.17, 15) is 4.79 Å². The van der Waals surface area contributed by atoms with E-state index in [0.717, 1.165) is 19.6 Å². The highest BCUT2D eigenvalue weighted by Crippen LogP contribution is 2.23. The Balaban J connectivity index is 2.01. The van der Waals surface area contributed by atoms with Crippen molar-refractivity contribution >= 4 is 5.91 Å². The Hall–Kier alpha value is -0.570. The van der Waals surface area contributed by atoms with Crippen molar-refractivity contribution in [3.8, 4) is 0 Å². The second kappa shape index (κ2) is 5.17. The summed E-state index contributed by atoms with van der Waals surface area (Å²) in [6, 6.07) is 0.447. The Labute approximate surface area is 98.6 Å². The maximum atomic E-state index is 12.5. The third-order valence-corrected chi connectivity index (χ3v) is 4.17. The van der Waals surface area contributed by atoms with Gasteiger partial charge in [-0.25, -0.2) is 0 Å². The molecule has 2 aliphatic heterocycles. The van der Waals surface area contributed by atoms with Gasteiger partial charge in [-0.2, -0.15) is 0 Å². The molecule has 0 aromatic carbocycles. The van der Waals surface area contributed by atoms with Crippen LogP contribution in [-0.4, -0.2) is 36.5 Å². The van der Waals surface area contributed by atoms with Crippen LogP contribution < -0.4 is 5.32 Å². The summed E-state index contributed by atoms with van der Waals surface area (Å²) in [7, 11) is 0. The SMILES string of the molecule is CC1CNCC1C(=O)N1CCCCCC1C. The zero-order valence-electron chi connectivity index (χ0n) is 10.5. The van der Waals surface area contributed by atoms with Crippen molar-refractivity contribution in [1.29, 1.82) is 0 Å². The van der Waals surface area contributed by atoms with Gasteiger partial charge in [-0.1, -0.05) is 19.8 Å². The number of rotatable bonds is 1. The second-order valence-corrected chi connectivity index (χ2v) is 5.47. The molecular weight excluding hydrogens is 200 g/mol. The van der Waals surface area contributed by atoms with Crippen LogP contribution in [0.4, 0.5) is 0 Å². The normalized spacial score (nSPS) is 36.1. The van der Waals surface area contributed by atoms with Gasteiger partial charge in [0.1, 0.15) is 0 Å². The van der Waals surface area contributed by atoms with Gasteiger partial charge in [0.2, 0.25) is 5.91 Å². The van der Waals surface area contributed by atoms with Crippen molar-refractivity contribution in [3.05, 3.63) is 0 Å². The summed E-state index contributed by atoms with van der Waals surface area (Å²) in [6.45, 7) is 7.24. The van der Waals surface area contributed by atoms with E-state index in [1.807, 2.05) is 0 Å². The lowest BCUT2D eigenvalue weighted by Crippen LogP contribution is -2.43. The van der Waals surface area contributed by atoms with E-state index in [-0.39, 0.29) is 5.92 Å². The highest BCUT2D eigenvalue weighted by atomic mass is 16.2. The van der Waals surface area contributed by atoms with Gasteiger partial charge in [-0.15, -0.1) is 0 Å². The van der Waals surface area contributed by atoms with Gasteiger partial charge in [0.25, 0.3) is 0 Å². The van der Waals surface area contributed by atoms with Crippen LogP contribution in [0.5, 0.6) is 0 Å². The number of hydrogen-bond donors (Lipinski definition) is 1. The summed E-state index contributed by atoms with van der Waals surface area (Å²) in [4.78, 5) is 14.6. The lowest BCUT2D eigenvalue weighted by Gasteiger charge is -2.30. The van der Waals surface area contributed by atoms with E-state index < -0.39 is 0 Å². The summed E-state index contributed by atoms with van der Waals surface area (Å²) < 4.78 is 0. The van der Waals surface area contributed by atoms with Gasteiger partial charge < -0.3 is 10.2 Å². The minimum atomic E-state index is 0.223. The quantitative estimate of drug-likeness (QED) is 0.734. The Morgan fingerprint density at radius 2 is 2.00 bits per heavy atom. The van der Waals surface area contributed by atoms with Gasteiger partial charge in [-0.3, -0.25) is 4.79 Å². The Morgan fingerprint density at radius 1 is 1.19 bits per heavy atom. The van der Waals surface area contributed by atoms with Gasteiger partial charge in [0.05, 0.1) is 5.92 Å². The molecule has 2 aliphatic rings. The number of hydrogen-bond acceptors (Lipinski definition) is 2. The number of nitrogens with zero attached hydrogens (tertiary/aromatic N) is 1. The molecule has 0 aromatic rings. The lowest BCUT2D eigenvalue weighted by atomic mass is 9.96. The van der Waals surface area contributed by atoms with Crippen LogP contribution in [0.25, 0.3) is 0 Å². The predicted molar refractivity (Wildman–Crippen MR) is 65.2 cm³/mol. The van der Waals surface area contributed by atoms with Crippen LogP contribution in [0.15, 0.2) is 0 Å². The fraction of sp³-hybridized carbons (Fsp3) is 0.923. The van der Waals surface area contributed by atoms with E-state index in [1.54, 1.807) is 0 Å². The van der Waals surface area contributed by atoms with Crippen LogP contribution in [0.1, 0.15) is 39.5 Å². The van der Waals surface area contributed by atoms with E-state index in [2.05, 4.69) is 24.1 Å². The molecule has 2 heterocycles. The topological polar surface area (TPSA) is 32.3 Å². The number of carbonyl (C=O) groups excluding carboxylic acids is 1. The molecule has 2 saturated heterocycles. The van der Waals surface area contributed by atoms with E-state index in [4.69, 9.17) is 0 Å². The summed E-state index contributed by atoms with van der Waals surface area (Å²) in [5.74, 6) is 1.12. The van der Waals surface area contributed by atoms with Crippen LogP contribution in [-0.2, 0) is 4.79 Å². The zero-order chi connectivity index (χ0) is 11.5. The minimum absolute atomic E-state index is 0.223. The van der Waals surface area contributed by atoms with Crippen LogP contribution in [0.3, 0.4) is 0 Å². The number of likely N-dealkylation sites (tertiary alicyclic amines) is 1. The number of carbonyl (C=O) groups is 1. The zero-order valence-corrected chi connectivity index (χ0v) is 10.5. The van der Waals surface area contributed by atoms with Crippen LogP contribution in [0, 0.1) is 11.8 Å². The van der Waals surface area contributed by atoms with Crippen molar-refractivity contribution in [3.63, 3.8) is 0 Å². The highest BCUT2D eigenvalue weighted by Gasteiger charge is 2.34. The Kier molecular flexibility index (Phi) is 3.85. The molecule has 2 rings (SSSR count). The first-order chi connectivity index (χ1) is 7.70. The van der Waals surface area contributed by atoms with Crippen molar-refractivity contribution < 1.29 is 4.79 Å². The average molecular weight is 224 g/mol. The maximum Gasteiger partial charge on any atom is 0.227 e. The fourth-order valence-electron chi connectivity index (χ4n) is 2.96. The molecule has 1 N–H and O–H groups in total. The first-order valence-electron chi connectivity index (χ1n) is 6.71.